The number of allylic oxidation sites excluding steroid dienone is 1. The van der Waals surface area contributed by atoms with E-state index in [1.807, 2.05) is 0 Å². The van der Waals surface area contributed by atoms with Crippen LogP contribution in [0.4, 0.5) is 0 Å². The van der Waals surface area contributed by atoms with Gasteiger partial charge in [-0.15, -0.1) is 12.4 Å². The van der Waals surface area contributed by atoms with E-state index in [2.05, 4.69) is 67.1 Å². The quantitative estimate of drug-likeness (QED) is 0.273. The maximum absolute atomic E-state index is 4.01. The number of hydrogen-bond acceptors (Lipinski definition) is 0. The van der Waals surface area contributed by atoms with E-state index in [0.717, 1.165) is 4.89 Å². The number of imidazole rings is 1. The summed E-state index contributed by atoms with van der Waals surface area (Å²) in [6.07, 6.45) is 22.2. The smallest absolute Gasteiger partial charge is 0.147 e. The predicted octanol–water partition coefficient (Wildman–Crippen LogP) is 8.69. The number of aromatic nitrogens is 2. The molecule has 0 spiro atoms. The average Bonchev–Trinajstić information content (AvgIpc) is 3.09. The minimum absolute atomic E-state index is 0. The summed E-state index contributed by atoms with van der Waals surface area (Å²) in [4.78, 5) is 1.08. The Morgan fingerprint density at radius 2 is 1.39 bits per heavy atom. The third-order valence-corrected chi connectivity index (χ3v) is 8.39. The first-order valence-electron chi connectivity index (χ1n) is 11.9. The second-order valence-electron chi connectivity index (χ2n) is 9.01. The number of benzene rings is 1. The normalized spacial score (nSPS) is 18.0. The molecular formula is C27H42ClN2Pd. The third kappa shape index (κ3) is 7.31. The molecule has 1 aromatic carbocycles. The maximum Gasteiger partial charge on any atom is -0.147 e. The fourth-order valence-corrected chi connectivity index (χ4v) is 6.73. The molecule has 0 N–H and O–H groups in total. The van der Waals surface area contributed by atoms with E-state index in [9.17, 15) is 0 Å². The average molecular weight is 537 g/mol. The second kappa shape index (κ2) is 13.6. The van der Waals surface area contributed by atoms with Crippen LogP contribution in [0.2, 0.25) is 4.89 Å². The van der Waals surface area contributed by atoms with Crippen molar-refractivity contribution in [3.63, 3.8) is 0 Å². The van der Waals surface area contributed by atoms with Crippen molar-refractivity contribution in [1.29, 1.82) is 0 Å². The Morgan fingerprint density at radius 1 is 0.871 bits per heavy atom. The molecule has 177 valence electrons. The number of aryl methyl sites for hydroxylation is 3. The Kier molecular flexibility index (Phi) is 11.6. The van der Waals surface area contributed by atoms with Crippen molar-refractivity contribution in [1.82, 2.24) is 9.13 Å². The molecule has 1 fully saturated rings. The zero-order valence-electron chi connectivity index (χ0n) is 19.8. The van der Waals surface area contributed by atoms with Gasteiger partial charge in [0.05, 0.1) is 0 Å². The van der Waals surface area contributed by atoms with Gasteiger partial charge in [-0.3, -0.25) is 0 Å². The van der Waals surface area contributed by atoms with E-state index >= 15 is 0 Å². The molecular weight excluding hydrogens is 494 g/mol. The second-order valence-corrected chi connectivity index (χ2v) is 10.9. The first kappa shape index (κ1) is 26.4. The monoisotopic (exact) mass is 535 g/mol. The standard InChI is InChI=1S/C24H36N2.C3H5.ClH.Pd/c1-20-17-21(2)24(22(3)18-20)26-16-15-25(19-26)23-13-11-9-7-5-4-6-8-10-12-14-23;1-3-2;;/h15-18,23H,4-14H2,1-3H3;3H,1-2H2;1H;. The number of rotatable bonds is 4. The molecule has 1 aromatic heterocycles. The summed E-state index contributed by atoms with van der Waals surface area (Å²) < 4.78 is 6.65. The van der Waals surface area contributed by atoms with E-state index in [1.165, 1.54) is 96.9 Å². The van der Waals surface area contributed by atoms with Crippen LogP contribution in [-0.2, 0) is 17.5 Å². The molecule has 0 unspecified atom stereocenters. The summed E-state index contributed by atoms with van der Waals surface area (Å²) >= 11 is 0.532. The molecule has 0 atom stereocenters. The van der Waals surface area contributed by atoms with Gasteiger partial charge in [-0.2, -0.15) is 0 Å². The Morgan fingerprint density at radius 3 is 1.90 bits per heavy atom. The third-order valence-electron chi connectivity index (χ3n) is 6.36. The zero-order chi connectivity index (χ0) is 21.3. The number of nitrogens with zero attached hydrogens (tertiary/aromatic N) is 2. The molecule has 0 amide bonds. The van der Waals surface area contributed by atoms with Crippen LogP contribution in [0, 0.1) is 24.7 Å². The van der Waals surface area contributed by atoms with Crippen LogP contribution < -0.4 is 0 Å². The van der Waals surface area contributed by atoms with Crippen LogP contribution in [0.5, 0.6) is 0 Å². The van der Waals surface area contributed by atoms with Crippen molar-refractivity contribution < 1.29 is 17.5 Å². The SMILES string of the molecule is C=C[CH2]/[Pd]=[c]1\n(-c2c(C)cc(C)cc2C)ccn1C1CCCCCCCCCCC1.Cl. The van der Waals surface area contributed by atoms with Gasteiger partial charge in [0.1, 0.15) is 0 Å². The van der Waals surface area contributed by atoms with Gasteiger partial charge in [-0.1, -0.05) is 0 Å². The van der Waals surface area contributed by atoms with Crippen LogP contribution in [0.3, 0.4) is 0 Å². The molecule has 2 nitrogen and oxygen atoms in total. The molecule has 1 heterocycles. The van der Waals surface area contributed by atoms with Crippen molar-refractivity contribution >= 4 is 12.4 Å². The fraction of sp³-hybridized carbons (Fsp3) is 0.593. The van der Waals surface area contributed by atoms with Gasteiger partial charge in [0.15, 0.2) is 0 Å². The van der Waals surface area contributed by atoms with Crippen LogP contribution in [-0.4, -0.2) is 9.13 Å². The van der Waals surface area contributed by atoms with E-state index in [-0.39, 0.29) is 12.4 Å². The Hall–Kier alpha value is -0.878. The topological polar surface area (TPSA) is 9.86 Å². The zero-order valence-corrected chi connectivity index (χ0v) is 22.1. The first-order chi connectivity index (χ1) is 14.6. The van der Waals surface area contributed by atoms with Crippen LogP contribution in [0.25, 0.3) is 5.69 Å². The van der Waals surface area contributed by atoms with Gasteiger partial charge in [0.25, 0.3) is 0 Å². The van der Waals surface area contributed by atoms with Crippen molar-refractivity contribution in [2.45, 2.75) is 102 Å². The molecule has 1 aliphatic carbocycles. The molecule has 3 rings (SSSR count). The fourth-order valence-electron chi connectivity index (χ4n) is 4.98. The van der Waals surface area contributed by atoms with E-state index < -0.39 is 0 Å². The van der Waals surface area contributed by atoms with E-state index in [0.29, 0.717) is 23.6 Å². The first-order valence-corrected chi connectivity index (χ1v) is 13.8. The van der Waals surface area contributed by atoms with Gasteiger partial charge in [0, 0.05) is 0 Å². The van der Waals surface area contributed by atoms with Gasteiger partial charge < -0.3 is 0 Å². The molecule has 1 aliphatic rings. The summed E-state index contributed by atoms with van der Waals surface area (Å²) in [5.74, 6) is 0. The van der Waals surface area contributed by atoms with Crippen molar-refractivity contribution in [2.75, 3.05) is 0 Å². The molecule has 31 heavy (non-hydrogen) atoms. The van der Waals surface area contributed by atoms with E-state index in [4.69, 9.17) is 0 Å². The van der Waals surface area contributed by atoms with E-state index in [1.54, 1.807) is 0 Å². The molecule has 0 radical (unpaired) electrons. The summed E-state index contributed by atoms with van der Waals surface area (Å²) in [5, 5.41) is 0. The molecule has 2 aromatic rings. The predicted molar refractivity (Wildman–Crippen MR) is 133 cm³/mol. The van der Waals surface area contributed by atoms with Crippen LogP contribution in [0.1, 0.15) is 93.4 Å². The molecule has 0 aliphatic heterocycles. The van der Waals surface area contributed by atoms with Crippen molar-refractivity contribution in [2.24, 2.45) is 0 Å². The molecule has 4 heteroatoms. The number of halogens is 1. The largest absolute Gasteiger partial charge is 0.147 e. The Bertz CT molecular complexity index is 858. The van der Waals surface area contributed by atoms with Gasteiger partial charge in [0.2, 0.25) is 0 Å². The summed E-state index contributed by atoms with van der Waals surface area (Å²) in [5.41, 5.74) is 5.49. The van der Waals surface area contributed by atoms with Gasteiger partial charge >= 0.3 is 192 Å². The van der Waals surface area contributed by atoms with Crippen LogP contribution >= 0.6 is 12.4 Å². The van der Waals surface area contributed by atoms with Crippen molar-refractivity contribution in [3.8, 4) is 5.69 Å². The van der Waals surface area contributed by atoms with Gasteiger partial charge in [-0.25, -0.2) is 0 Å². The summed E-state index contributed by atoms with van der Waals surface area (Å²) in [6.45, 7) is 10.7. The Balaban J connectivity index is 0.00000341. The molecule has 0 bridgehead atoms. The maximum atomic E-state index is 4.01. The van der Waals surface area contributed by atoms with Crippen LogP contribution in [0.15, 0.2) is 37.2 Å². The molecule has 1 saturated carbocycles. The van der Waals surface area contributed by atoms with Crippen molar-refractivity contribution in [3.05, 3.63) is 57.8 Å². The van der Waals surface area contributed by atoms with Gasteiger partial charge in [-0.05, 0) is 0 Å². The minimum Gasteiger partial charge on any atom is -0.147 e. The summed E-state index contributed by atoms with van der Waals surface area (Å²) in [6, 6.07) is 5.30. The molecule has 0 saturated heterocycles. The summed E-state index contributed by atoms with van der Waals surface area (Å²) in [7, 11) is 0. The Labute approximate surface area is 204 Å². The minimum atomic E-state index is 0. The number of hydrogen-bond donors (Lipinski definition) is 0.